The summed E-state index contributed by atoms with van der Waals surface area (Å²) in [7, 11) is -3.36. The number of aryl methyl sites for hydroxylation is 3. The van der Waals surface area contributed by atoms with Gasteiger partial charge in [0.05, 0.1) is 11.8 Å². The number of benzene rings is 2. The van der Waals surface area contributed by atoms with E-state index in [0.29, 0.717) is 25.9 Å². The third-order valence-corrected chi connectivity index (χ3v) is 7.97. The summed E-state index contributed by atoms with van der Waals surface area (Å²) in [6.07, 6.45) is 1.11. The largest absolute Gasteiger partial charge is 0.349 e. The van der Waals surface area contributed by atoms with E-state index in [1.165, 1.54) is 21.0 Å². The van der Waals surface area contributed by atoms with Gasteiger partial charge in [0.1, 0.15) is 0 Å². The van der Waals surface area contributed by atoms with Gasteiger partial charge in [0.2, 0.25) is 15.9 Å². The van der Waals surface area contributed by atoms with Crippen molar-refractivity contribution in [2.24, 2.45) is 5.92 Å². The summed E-state index contributed by atoms with van der Waals surface area (Å²) in [4.78, 5) is 12.8. The second-order valence-corrected chi connectivity index (χ2v) is 10.4. The summed E-state index contributed by atoms with van der Waals surface area (Å²) < 4.78 is 27.0. The summed E-state index contributed by atoms with van der Waals surface area (Å²) in [5.74, 6) is -0.129. The number of amides is 1. The molecule has 1 amide bonds. The molecule has 0 radical (unpaired) electrons. The molecule has 1 unspecified atom stereocenters. The van der Waals surface area contributed by atoms with E-state index in [-0.39, 0.29) is 23.6 Å². The molecule has 1 heterocycles. The highest BCUT2D eigenvalue weighted by atomic mass is 32.2. The zero-order valence-electron chi connectivity index (χ0n) is 18.3. The minimum atomic E-state index is -3.36. The van der Waals surface area contributed by atoms with Crippen molar-refractivity contribution in [1.29, 1.82) is 0 Å². The first-order valence-corrected chi connectivity index (χ1v) is 12.2. The fourth-order valence-electron chi connectivity index (χ4n) is 4.13. The molecule has 2 aromatic rings. The summed E-state index contributed by atoms with van der Waals surface area (Å²) in [5, 5.41) is 3.14. The van der Waals surface area contributed by atoms with Gasteiger partial charge in [-0.15, -0.1) is 0 Å². The van der Waals surface area contributed by atoms with E-state index in [9.17, 15) is 13.2 Å². The Morgan fingerprint density at radius 3 is 2.27 bits per heavy atom. The normalized spacial score (nSPS) is 16.9. The number of hydrogen-bond acceptors (Lipinski definition) is 3. The van der Waals surface area contributed by atoms with Crippen LogP contribution in [0.4, 0.5) is 0 Å². The van der Waals surface area contributed by atoms with Crippen molar-refractivity contribution in [2.45, 2.75) is 52.3 Å². The Morgan fingerprint density at radius 2 is 1.63 bits per heavy atom. The predicted octanol–water partition coefficient (Wildman–Crippen LogP) is 4.03. The summed E-state index contributed by atoms with van der Waals surface area (Å²) >= 11 is 0. The first-order valence-electron chi connectivity index (χ1n) is 10.6. The maximum absolute atomic E-state index is 12.8. The number of piperidine rings is 1. The first-order chi connectivity index (χ1) is 14.2. The maximum atomic E-state index is 12.8. The average molecular weight is 429 g/mol. The van der Waals surface area contributed by atoms with Gasteiger partial charge in [-0.1, -0.05) is 42.5 Å². The van der Waals surface area contributed by atoms with Gasteiger partial charge in [0, 0.05) is 19.0 Å². The lowest BCUT2D eigenvalue weighted by Crippen LogP contribution is -2.43. The lowest BCUT2D eigenvalue weighted by Gasteiger charge is -2.31. The second-order valence-electron chi connectivity index (χ2n) is 8.44. The molecule has 1 fully saturated rings. The van der Waals surface area contributed by atoms with Gasteiger partial charge in [-0.3, -0.25) is 4.79 Å². The van der Waals surface area contributed by atoms with E-state index in [1.807, 2.05) is 37.3 Å². The van der Waals surface area contributed by atoms with Crippen molar-refractivity contribution in [2.75, 3.05) is 13.1 Å². The van der Waals surface area contributed by atoms with Crippen LogP contribution in [0.1, 0.15) is 53.6 Å². The predicted molar refractivity (Wildman–Crippen MR) is 121 cm³/mol. The highest BCUT2D eigenvalue weighted by Crippen LogP contribution is 2.25. The molecule has 1 saturated heterocycles. The van der Waals surface area contributed by atoms with E-state index < -0.39 is 10.0 Å². The Morgan fingerprint density at radius 1 is 1.03 bits per heavy atom. The molecule has 5 nitrogen and oxygen atoms in total. The SMILES string of the molecule is Cc1cc(C)c(C(C)NC(=O)C2CCN(S(=O)(=O)Cc3ccccc3)CC2)cc1C. The number of nitrogens with zero attached hydrogens (tertiary/aromatic N) is 1. The Hall–Kier alpha value is -2.18. The molecule has 0 aromatic heterocycles. The van der Waals surface area contributed by atoms with Crippen LogP contribution in [-0.4, -0.2) is 31.7 Å². The minimum Gasteiger partial charge on any atom is -0.349 e. The monoisotopic (exact) mass is 428 g/mol. The molecule has 1 aliphatic rings. The van der Waals surface area contributed by atoms with Gasteiger partial charge < -0.3 is 5.32 Å². The number of carbonyl (C=O) groups excluding carboxylic acids is 1. The molecule has 1 atom stereocenters. The van der Waals surface area contributed by atoms with Crippen LogP contribution in [0.2, 0.25) is 0 Å². The fourth-order valence-corrected chi connectivity index (χ4v) is 5.69. The minimum absolute atomic E-state index is 0.00773. The third kappa shape index (κ3) is 5.29. The molecular formula is C24H32N2O3S. The number of nitrogens with one attached hydrogen (secondary N) is 1. The Balaban J connectivity index is 1.57. The molecule has 0 aliphatic carbocycles. The zero-order valence-corrected chi connectivity index (χ0v) is 19.1. The maximum Gasteiger partial charge on any atom is 0.223 e. The number of rotatable bonds is 6. The standard InChI is InChI=1S/C24H32N2O3S/c1-17-14-19(3)23(15-18(17)2)20(4)25-24(27)22-10-12-26(13-11-22)30(28,29)16-21-8-6-5-7-9-21/h5-9,14-15,20,22H,10-13,16H2,1-4H3,(H,25,27). The van der Waals surface area contributed by atoms with Crippen LogP contribution in [0.3, 0.4) is 0 Å². The van der Waals surface area contributed by atoms with E-state index in [1.54, 1.807) is 0 Å². The number of carbonyl (C=O) groups is 1. The Kier molecular flexibility index (Phi) is 6.98. The van der Waals surface area contributed by atoms with E-state index in [4.69, 9.17) is 0 Å². The molecule has 0 bridgehead atoms. The zero-order chi connectivity index (χ0) is 21.9. The first kappa shape index (κ1) is 22.5. The molecule has 2 aromatic carbocycles. The van der Waals surface area contributed by atoms with Crippen LogP contribution in [0.25, 0.3) is 0 Å². The van der Waals surface area contributed by atoms with Gasteiger partial charge >= 0.3 is 0 Å². The summed E-state index contributed by atoms with van der Waals surface area (Å²) in [6, 6.07) is 13.5. The number of sulfonamides is 1. The van der Waals surface area contributed by atoms with Crippen molar-refractivity contribution in [3.05, 3.63) is 70.3 Å². The van der Waals surface area contributed by atoms with Crippen LogP contribution in [0, 0.1) is 26.7 Å². The molecule has 1 N–H and O–H groups in total. The molecule has 6 heteroatoms. The summed E-state index contributed by atoms with van der Waals surface area (Å²) in [5.41, 5.74) is 5.56. The van der Waals surface area contributed by atoms with Crippen molar-refractivity contribution in [3.63, 3.8) is 0 Å². The molecule has 0 spiro atoms. The van der Waals surface area contributed by atoms with Gasteiger partial charge in [-0.2, -0.15) is 0 Å². The van der Waals surface area contributed by atoms with Crippen LogP contribution < -0.4 is 5.32 Å². The Labute approximate surface area is 180 Å². The highest BCUT2D eigenvalue weighted by Gasteiger charge is 2.31. The van der Waals surface area contributed by atoms with E-state index in [2.05, 4.69) is 38.2 Å². The van der Waals surface area contributed by atoms with Gasteiger partial charge in [-0.25, -0.2) is 12.7 Å². The molecule has 0 saturated carbocycles. The second kappa shape index (κ2) is 9.31. The lowest BCUT2D eigenvalue weighted by atomic mass is 9.94. The lowest BCUT2D eigenvalue weighted by molar-refractivity contribution is -0.126. The smallest absolute Gasteiger partial charge is 0.223 e. The van der Waals surface area contributed by atoms with Crippen molar-refractivity contribution < 1.29 is 13.2 Å². The molecule has 3 rings (SSSR count). The van der Waals surface area contributed by atoms with Crippen molar-refractivity contribution in [3.8, 4) is 0 Å². The van der Waals surface area contributed by atoms with Crippen molar-refractivity contribution in [1.82, 2.24) is 9.62 Å². The van der Waals surface area contributed by atoms with Crippen molar-refractivity contribution >= 4 is 15.9 Å². The van der Waals surface area contributed by atoms with E-state index >= 15 is 0 Å². The fraction of sp³-hybridized carbons (Fsp3) is 0.458. The quantitative estimate of drug-likeness (QED) is 0.755. The highest BCUT2D eigenvalue weighted by molar-refractivity contribution is 7.88. The molecular weight excluding hydrogens is 396 g/mol. The van der Waals surface area contributed by atoms with Crippen LogP contribution in [0.5, 0.6) is 0 Å². The number of hydrogen-bond donors (Lipinski definition) is 1. The topological polar surface area (TPSA) is 66.5 Å². The average Bonchev–Trinajstić information content (AvgIpc) is 2.71. The van der Waals surface area contributed by atoms with Gasteiger partial charge in [0.15, 0.2) is 0 Å². The Bertz CT molecular complexity index is 995. The third-order valence-electron chi connectivity index (χ3n) is 6.12. The van der Waals surface area contributed by atoms with E-state index in [0.717, 1.165) is 11.1 Å². The molecule has 162 valence electrons. The summed E-state index contributed by atoms with van der Waals surface area (Å²) in [6.45, 7) is 9.04. The molecule has 1 aliphatic heterocycles. The molecule has 30 heavy (non-hydrogen) atoms. The van der Waals surface area contributed by atoms with Gasteiger partial charge in [0.25, 0.3) is 0 Å². The van der Waals surface area contributed by atoms with Gasteiger partial charge in [-0.05, 0) is 68.4 Å². The van der Waals surface area contributed by atoms with Crippen LogP contribution in [0.15, 0.2) is 42.5 Å². The van der Waals surface area contributed by atoms with Crippen LogP contribution >= 0.6 is 0 Å². The van der Waals surface area contributed by atoms with Crippen LogP contribution in [-0.2, 0) is 20.6 Å².